The second-order valence-corrected chi connectivity index (χ2v) is 7.63. The molecule has 0 amide bonds. The standard InChI is InChI=1S/C9H6INO4S.C6H6ClN.H2O/c10-6-4-7(16(13,14)15)5-2-1-3-11-8(5)9(6)12;7-5-1-3-6(8)4-2-5;/h1-4,12H,(H,13,14,15);1-4H,8H2;1H2. The van der Waals surface area contributed by atoms with Crippen LogP contribution in [-0.2, 0) is 10.1 Å². The van der Waals surface area contributed by atoms with Crippen molar-refractivity contribution in [2.75, 3.05) is 0 Å². The third-order valence-corrected chi connectivity index (χ3v) is 4.91. The smallest absolute Gasteiger partial charge is 0.155 e. The fourth-order valence-corrected chi connectivity index (χ4v) is 3.46. The van der Waals surface area contributed by atoms with E-state index in [9.17, 15) is 18.1 Å². The van der Waals surface area contributed by atoms with Crippen LogP contribution in [0.15, 0.2) is 53.6 Å². The van der Waals surface area contributed by atoms with Crippen LogP contribution < -0.4 is 5.73 Å². The highest BCUT2D eigenvalue weighted by atomic mass is 127. The first kappa shape index (κ1) is 21.5. The Morgan fingerprint density at radius 3 is 2.32 bits per heavy atom. The number of quaternary nitrogens is 1. The minimum absolute atomic E-state index is 0. The summed E-state index contributed by atoms with van der Waals surface area (Å²) in [5.41, 5.74) is 4.81. The van der Waals surface area contributed by atoms with Crippen molar-refractivity contribution in [3.05, 3.63) is 57.3 Å². The lowest BCUT2D eigenvalue weighted by atomic mass is 10.2. The predicted octanol–water partition coefficient (Wildman–Crippen LogP) is 1.84. The van der Waals surface area contributed by atoms with Crippen molar-refractivity contribution in [1.29, 1.82) is 0 Å². The van der Waals surface area contributed by atoms with Crippen molar-refractivity contribution in [3.8, 4) is 5.75 Å². The molecule has 0 aliphatic heterocycles. The number of aromatic hydroxyl groups is 1. The van der Waals surface area contributed by atoms with E-state index >= 15 is 0 Å². The van der Waals surface area contributed by atoms with Gasteiger partial charge in [-0.15, -0.1) is 0 Å². The molecule has 0 radical (unpaired) electrons. The van der Waals surface area contributed by atoms with Gasteiger partial charge < -0.3 is 20.9 Å². The van der Waals surface area contributed by atoms with E-state index in [4.69, 9.17) is 11.6 Å². The van der Waals surface area contributed by atoms with Gasteiger partial charge in [0, 0.05) is 28.7 Å². The fraction of sp³-hybridized carbons (Fsp3) is 0. The van der Waals surface area contributed by atoms with Crippen LogP contribution in [0.4, 0.5) is 5.69 Å². The summed E-state index contributed by atoms with van der Waals surface area (Å²) in [7, 11) is -4.57. The van der Waals surface area contributed by atoms with Gasteiger partial charge in [-0.25, -0.2) is 8.42 Å². The third-order valence-electron chi connectivity index (χ3n) is 2.96. The van der Waals surface area contributed by atoms with Gasteiger partial charge in [-0.3, -0.25) is 4.98 Å². The maximum Gasteiger partial charge on any atom is 0.155 e. The van der Waals surface area contributed by atoms with Gasteiger partial charge in [0.05, 0.1) is 8.47 Å². The van der Waals surface area contributed by atoms with E-state index in [0.717, 1.165) is 16.8 Å². The number of halogens is 2. The molecule has 2 aromatic carbocycles. The van der Waals surface area contributed by atoms with Crippen LogP contribution >= 0.6 is 34.2 Å². The normalized spacial score (nSPS) is 10.6. The monoisotopic (exact) mass is 496 g/mol. The van der Waals surface area contributed by atoms with Gasteiger partial charge in [0.1, 0.15) is 21.3 Å². The number of phenolic OH excluding ortho intramolecular Hbond substituents is 1. The molecule has 0 spiro atoms. The van der Waals surface area contributed by atoms with Gasteiger partial charge in [-0.05, 0) is 52.9 Å². The van der Waals surface area contributed by atoms with Crippen LogP contribution in [0.2, 0.25) is 5.02 Å². The Bertz CT molecular complexity index is 960. The molecule has 0 saturated heterocycles. The van der Waals surface area contributed by atoms with E-state index in [1.807, 2.05) is 24.3 Å². The van der Waals surface area contributed by atoms with E-state index in [1.54, 1.807) is 22.6 Å². The molecular weight excluding hydrogens is 483 g/mol. The van der Waals surface area contributed by atoms with Gasteiger partial charge in [-0.1, -0.05) is 11.6 Å². The largest absolute Gasteiger partial charge is 0.744 e. The first-order valence-electron chi connectivity index (χ1n) is 6.50. The molecule has 7 nitrogen and oxygen atoms in total. The first-order valence-corrected chi connectivity index (χ1v) is 9.36. The zero-order chi connectivity index (χ0) is 17.9. The fourth-order valence-electron chi connectivity index (χ4n) is 1.86. The molecule has 0 unspecified atom stereocenters. The van der Waals surface area contributed by atoms with Crippen molar-refractivity contribution < 1.29 is 29.3 Å². The average Bonchev–Trinajstić information content (AvgIpc) is 2.53. The second kappa shape index (κ2) is 8.74. The van der Waals surface area contributed by atoms with Crippen LogP contribution in [0.25, 0.3) is 10.9 Å². The van der Waals surface area contributed by atoms with Gasteiger partial charge in [0.25, 0.3) is 0 Å². The molecule has 1 heterocycles. The lowest BCUT2D eigenvalue weighted by Gasteiger charge is -2.12. The Balaban J connectivity index is 0.000000295. The molecule has 0 atom stereocenters. The van der Waals surface area contributed by atoms with E-state index in [-0.39, 0.29) is 30.6 Å². The molecule has 0 aliphatic rings. The highest BCUT2D eigenvalue weighted by Crippen LogP contribution is 2.32. The Morgan fingerprint density at radius 2 is 1.80 bits per heavy atom. The molecule has 3 rings (SSSR count). The van der Waals surface area contributed by atoms with Crippen molar-refractivity contribution >= 4 is 60.9 Å². The summed E-state index contributed by atoms with van der Waals surface area (Å²) in [6, 6.07) is 11.5. The average molecular weight is 497 g/mol. The van der Waals surface area contributed by atoms with Crippen LogP contribution in [-0.4, -0.2) is 28.5 Å². The molecular formula is C15H14ClIN2O5S. The number of aromatic nitrogens is 1. The van der Waals surface area contributed by atoms with E-state index in [0.29, 0.717) is 0 Å². The van der Waals surface area contributed by atoms with Gasteiger partial charge in [0.15, 0.2) is 5.75 Å². The Morgan fingerprint density at radius 1 is 1.20 bits per heavy atom. The molecule has 134 valence electrons. The molecule has 0 aliphatic carbocycles. The third kappa shape index (κ3) is 5.49. The lowest BCUT2D eigenvalue weighted by molar-refractivity contribution is -0.254. The molecule has 6 N–H and O–H groups in total. The predicted molar refractivity (Wildman–Crippen MR) is 102 cm³/mol. The van der Waals surface area contributed by atoms with Crippen molar-refractivity contribution in [2.45, 2.75) is 4.90 Å². The number of hydrogen-bond donors (Lipinski definition) is 2. The Labute approximate surface area is 162 Å². The maximum atomic E-state index is 11.0. The van der Waals surface area contributed by atoms with Crippen LogP contribution in [0.1, 0.15) is 0 Å². The van der Waals surface area contributed by atoms with Crippen LogP contribution in [0.5, 0.6) is 5.75 Å². The quantitative estimate of drug-likeness (QED) is 0.389. The summed E-state index contributed by atoms with van der Waals surface area (Å²) in [6.07, 6.45) is 1.42. The summed E-state index contributed by atoms with van der Waals surface area (Å²) in [5.74, 6) is -0.122. The second-order valence-electron chi connectivity index (χ2n) is 4.69. The number of hydrogen-bond acceptors (Lipinski definition) is 5. The number of rotatable bonds is 1. The molecule has 10 heteroatoms. The van der Waals surface area contributed by atoms with Crippen LogP contribution in [0, 0.1) is 3.57 Å². The topological polar surface area (TPSA) is 149 Å². The highest BCUT2D eigenvalue weighted by Gasteiger charge is 2.14. The SMILES string of the molecule is O.O=S(=O)([O-])c1cc(I)c(O)c2ncccc12.[NH3+]c1ccc(Cl)cc1. The van der Waals surface area contributed by atoms with E-state index in [2.05, 4.69) is 10.7 Å². The Hall–Kier alpha value is -1.50. The first-order chi connectivity index (χ1) is 11.2. The van der Waals surface area contributed by atoms with Crippen molar-refractivity contribution in [2.24, 2.45) is 0 Å². The zero-order valence-electron chi connectivity index (χ0n) is 12.6. The summed E-state index contributed by atoms with van der Waals surface area (Å²) < 4.78 is 33.4. The van der Waals surface area contributed by atoms with Gasteiger partial charge in [0.2, 0.25) is 0 Å². The minimum atomic E-state index is -4.57. The molecule has 0 fully saturated rings. The lowest BCUT2D eigenvalue weighted by Crippen LogP contribution is -2.39. The molecule has 25 heavy (non-hydrogen) atoms. The minimum Gasteiger partial charge on any atom is -0.744 e. The molecule has 3 aromatic rings. The van der Waals surface area contributed by atoms with Crippen molar-refractivity contribution in [3.63, 3.8) is 0 Å². The number of phenols is 1. The van der Waals surface area contributed by atoms with E-state index in [1.165, 1.54) is 18.3 Å². The highest BCUT2D eigenvalue weighted by molar-refractivity contribution is 14.1. The van der Waals surface area contributed by atoms with Crippen molar-refractivity contribution in [1.82, 2.24) is 4.98 Å². The summed E-state index contributed by atoms with van der Waals surface area (Å²) in [6.45, 7) is 0. The molecule has 0 saturated carbocycles. The zero-order valence-corrected chi connectivity index (χ0v) is 16.3. The van der Waals surface area contributed by atoms with Crippen LogP contribution in [0.3, 0.4) is 0 Å². The van der Waals surface area contributed by atoms with E-state index < -0.39 is 10.1 Å². The maximum absolute atomic E-state index is 11.0. The Kier molecular flexibility index (Phi) is 7.53. The summed E-state index contributed by atoms with van der Waals surface area (Å²) in [4.78, 5) is 3.49. The molecule has 1 aromatic heterocycles. The summed E-state index contributed by atoms with van der Waals surface area (Å²) >= 11 is 7.33. The molecule has 0 bridgehead atoms. The number of nitrogens with zero attached hydrogens (tertiary/aromatic N) is 1. The number of pyridine rings is 1. The number of benzene rings is 2. The summed E-state index contributed by atoms with van der Waals surface area (Å²) in [5, 5.41) is 10.6. The van der Waals surface area contributed by atoms with Gasteiger partial charge >= 0.3 is 0 Å². The van der Waals surface area contributed by atoms with Gasteiger partial charge in [-0.2, -0.15) is 0 Å². The number of fused-ring (bicyclic) bond motifs is 1.